The fourth-order valence-corrected chi connectivity index (χ4v) is 2.29. The number of nitrogens with zero attached hydrogens (tertiary/aromatic N) is 5. The first-order chi connectivity index (χ1) is 10.2. The summed E-state index contributed by atoms with van der Waals surface area (Å²) in [7, 11) is 0. The summed E-state index contributed by atoms with van der Waals surface area (Å²) >= 11 is 1.43. The van der Waals surface area contributed by atoms with E-state index in [0.717, 1.165) is 5.69 Å². The predicted octanol–water partition coefficient (Wildman–Crippen LogP) is 1.56. The first-order valence-corrected chi connectivity index (χ1v) is 7.33. The number of hydrogen-bond acceptors (Lipinski definition) is 6. The highest BCUT2D eigenvalue weighted by Gasteiger charge is 2.10. The van der Waals surface area contributed by atoms with Crippen LogP contribution in [0.1, 0.15) is 5.56 Å². The molecule has 2 heterocycles. The molecule has 0 bridgehead atoms. The quantitative estimate of drug-likeness (QED) is 0.577. The Bertz CT molecular complexity index is 817. The van der Waals surface area contributed by atoms with Gasteiger partial charge in [0.25, 0.3) is 0 Å². The molecule has 0 aliphatic rings. The van der Waals surface area contributed by atoms with Gasteiger partial charge in [-0.15, -0.1) is 5.10 Å². The number of carbonyl (C=O) groups is 1. The normalized spacial score (nSPS) is 10.9. The standard InChI is InChI=1S/C13H11N5O2S/c1-21-13-14-7-10-12(15-13)18(17-16-10)9-4-2-3-8(5-9)6-11(19)20/h2-5,7H,6H2,1H3,(H,19,20). The Balaban J connectivity index is 2.09. The number of benzene rings is 1. The van der Waals surface area contributed by atoms with Crippen LogP contribution in [0.4, 0.5) is 0 Å². The minimum atomic E-state index is -0.873. The van der Waals surface area contributed by atoms with Crippen molar-refractivity contribution in [2.45, 2.75) is 11.6 Å². The van der Waals surface area contributed by atoms with E-state index in [4.69, 9.17) is 5.11 Å². The van der Waals surface area contributed by atoms with E-state index in [1.54, 1.807) is 29.1 Å². The molecule has 0 fully saturated rings. The van der Waals surface area contributed by atoms with Crippen LogP contribution in [-0.4, -0.2) is 42.3 Å². The van der Waals surface area contributed by atoms with Gasteiger partial charge in [-0.2, -0.15) is 4.68 Å². The Morgan fingerprint density at radius 2 is 2.29 bits per heavy atom. The molecule has 1 N–H and O–H groups in total. The van der Waals surface area contributed by atoms with Gasteiger partial charge in [-0.1, -0.05) is 29.1 Å². The van der Waals surface area contributed by atoms with Crippen LogP contribution in [0.5, 0.6) is 0 Å². The first kappa shape index (κ1) is 13.5. The smallest absolute Gasteiger partial charge is 0.307 e. The van der Waals surface area contributed by atoms with E-state index in [0.29, 0.717) is 21.9 Å². The van der Waals surface area contributed by atoms with E-state index >= 15 is 0 Å². The van der Waals surface area contributed by atoms with Crippen LogP contribution in [0.25, 0.3) is 16.9 Å². The van der Waals surface area contributed by atoms with Crippen LogP contribution in [-0.2, 0) is 11.2 Å². The van der Waals surface area contributed by atoms with E-state index in [-0.39, 0.29) is 6.42 Å². The van der Waals surface area contributed by atoms with E-state index in [9.17, 15) is 4.79 Å². The van der Waals surface area contributed by atoms with Crippen molar-refractivity contribution < 1.29 is 9.90 Å². The van der Waals surface area contributed by atoms with Crippen LogP contribution in [0.3, 0.4) is 0 Å². The second-order valence-corrected chi connectivity index (χ2v) is 5.08. The van der Waals surface area contributed by atoms with Gasteiger partial charge in [0.2, 0.25) is 0 Å². The van der Waals surface area contributed by atoms with Gasteiger partial charge in [-0.05, 0) is 24.0 Å². The number of fused-ring (bicyclic) bond motifs is 1. The molecule has 2 aromatic heterocycles. The van der Waals surface area contributed by atoms with Gasteiger partial charge in [-0.25, -0.2) is 9.97 Å². The zero-order valence-corrected chi connectivity index (χ0v) is 11.9. The summed E-state index contributed by atoms with van der Waals surface area (Å²) in [5, 5.41) is 17.6. The zero-order valence-electron chi connectivity index (χ0n) is 11.1. The number of aromatic nitrogens is 5. The molecule has 8 heteroatoms. The summed E-state index contributed by atoms with van der Waals surface area (Å²) in [5.74, 6) is -0.873. The summed E-state index contributed by atoms with van der Waals surface area (Å²) in [4.78, 5) is 19.3. The van der Waals surface area contributed by atoms with Crippen LogP contribution in [0.2, 0.25) is 0 Å². The lowest BCUT2D eigenvalue weighted by atomic mass is 10.1. The lowest BCUT2D eigenvalue weighted by Gasteiger charge is -2.04. The molecule has 3 aromatic rings. The highest BCUT2D eigenvalue weighted by Crippen LogP contribution is 2.18. The highest BCUT2D eigenvalue weighted by atomic mass is 32.2. The molecular weight excluding hydrogens is 290 g/mol. The van der Waals surface area contributed by atoms with Crippen LogP contribution in [0, 0.1) is 0 Å². The Labute approximate surface area is 124 Å². The second-order valence-electron chi connectivity index (χ2n) is 4.31. The van der Waals surface area contributed by atoms with Crippen LogP contribution >= 0.6 is 11.8 Å². The van der Waals surface area contributed by atoms with E-state index in [1.165, 1.54) is 11.8 Å². The average molecular weight is 301 g/mol. The molecular formula is C13H11N5O2S. The molecule has 0 atom stereocenters. The van der Waals surface area contributed by atoms with Crippen molar-refractivity contribution in [3.05, 3.63) is 36.0 Å². The minimum absolute atomic E-state index is 0.0362. The number of aliphatic carboxylic acids is 1. The molecule has 0 unspecified atom stereocenters. The number of carboxylic acid groups (broad SMARTS) is 1. The van der Waals surface area contributed by atoms with Crippen molar-refractivity contribution in [1.82, 2.24) is 25.0 Å². The SMILES string of the molecule is CSc1ncc2nnn(-c3cccc(CC(=O)O)c3)c2n1. The average Bonchev–Trinajstić information content (AvgIpc) is 2.89. The predicted molar refractivity (Wildman–Crippen MR) is 77.6 cm³/mol. The molecule has 21 heavy (non-hydrogen) atoms. The maximum absolute atomic E-state index is 10.8. The summed E-state index contributed by atoms with van der Waals surface area (Å²) < 4.78 is 1.59. The van der Waals surface area contributed by atoms with Gasteiger partial charge in [0, 0.05) is 0 Å². The largest absolute Gasteiger partial charge is 0.481 e. The molecule has 0 aliphatic heterocycles. The molecule has 0 amide bonds. The highest BCUT2D eigenvalue weighted by molar-refractivity contribution is 7.98. The Morgan fingerprint density at radius 3 is 3.05 bits per heavy atom. The monoisotopic (exact) mass is 301 g/mol. The number of thioether (sulfide) groups is 1. The van der Waals surface area contributed by atoms with Crippen molar-refractivity contribution in [3.8, 4) is 5.69 Å². The van der Waals surface area contributed by atoms with Gasteiger partial charge in [0.05, 0.1) is 18.3 Å². The third kappa shape index (κ3) is 2.70. The molecule has 0 saturated carbocycles. The molecule has 0 saturated heterocycles. The number of hydrogen-bond donors (Lipinski definition) is 1. The summed E-state index contributed by atoms with van der Waals surface area (Å²) in [6, 6.07) is 7.15. The number of rotatable bonds is 4. The van der Waals surface area contributed by atoms with Gasteiger partial charge < -0.3 is 5.11 Å². The maximum Gasteiger partial charge on any atom is 0.307 e. The van der Waals surface area contributed by atoms with Crippen LogP contribution < -0.4 is 0 Å². The second kappa shape index (κ2) is 5.49. The molecule has 1 aromatic carbocycles. The van der Waals surface area contributed by atoms with Gasteiger partial charge in [0.15, 0.2) is 16.3 Å². The van der Waals surface area contributed by atoms with E-state index in [2.05, 4.69) is 20.3 Å². The molecule has 0 aliphatic carbocycles. The van der Waals surface area contributed by atoms with Gasteiger partial charge in [0.1, 0.15) is 0 Å². The molecule has 106 valence electrons. The van der Waals surface area contributed by atoms with Crippen molar-refractivity contribution in [2.75, 3.05) is 6.26 Å². The molecule has 0 radical (unpaired) electrons. The van der Waals surface area contributed by atoms with Crippen molar-refractivity contribution >= 4 is 28.9 Å². The fraction of sp³-hybridized carbons (Fsp3) is 0.154. The van der Waals surface area contributed by atoms with Crippen molar-refractivity contribution in [3.63, 3.8) is 0 Å². The maximum atomic E-state index is 10.8. The first-order valence-electron chi connectivity index (χ1n) is 6.11. The Morgan fingerprint density at radius 1 is 1.43 bits per heavy atom. The fourth-order valence-electron chi connectivity index (χ4n) is 1.96. The third-order valence-electron chi connectivity index (χ3n) is 2.86. The zero-order chi connectivity index (χ0) is 14.8. The lowest BCUT2D eigenvalue weighted by molar-refractivity contribution is -0.136. The van der Waals surface area contributed by atoms with Gasteiger partial charge in [-0.3, -0.25) is 4.79 Å². The van der Waals surface area contributed by atoms with E-state index in [1.807, 2.05) is 12.3 Å². The van der Waals surface area contributed by atoms with Crippen molar-refractivity contribution in [2.24, 2.45) is 0 Å². The lowest BCUT2D eigenvalue weighted by Crippen LogP contribution is -2.03. The molecule has 0 spiro atoms. The Kier molecular flexibility index (Phi) is 3.53. The minimum Gasteiger partial charge on any atom is -0.481 e. The van der Waals surface area contributed by atoms with E-state index < -0.39 is 5.97 Å². The molecule has 3 rings (SSSR count). The van der Waals surface area contributed by atoms with Crippen LogP contribution in [0.15, 0.2) is 35.6 Å². The molecule has 7 nitrogen and oxygen atoms in total. The number of carboxylic acids is 1. The summed E-state index contributed by atoms with van der Waals surface area (Å²) in [6.45, 7) is 0. The van der Waals surface area contributed by atoms with Crippen molar-refractivity contribution in [1.29, 1.82) is 0 Å². The third-order valence-corrected chi connectivity index (χ3v) is 3.43. The summed E-state index contributed by atoms with van der Waals surface area (Å²) in [6.07, 6.45) is 3.48. The summed E-state index contributed by atoms with van der Waals surface area (Å²) in [5.41, 5.74) is 2.61. The van der Waals surface area contributed by atoms with Gasteiger partial charge >= 0.3 is 5.97 Å². The Hall–Kier alpha value is -2.48. The topological polar surface area (TPSA) is 93.8 Å².